The standard InChI is InChI=1S/C20H20F2N4O/c1-24(2)19-18-4-3-6-25(18)12-17(23-19)13-5-7-26(11-13)20(27)14-8-15(21)10-16(22)9-14/h3-4,6,8-10,12-13H,5,7,11H2,1-2H3/t13-/m1/s1. The molecule has 5 nitrogen and oxygen atoms in total. The molecule has 1 fully saturated rings. The number of anilines is 1. The summed E-state index contributed by atoms with van der Waals surface area (Å²) in [7, 11) is 3.89. The van der Waals surface area contributed by atoms with Gasteiger partial charge in [0.2, 0.25) is 0 Å². The second-order valence-corrected chi connectivity index (χ2v) is 7.08. The van der Waals surface area contributed by atoms with Crippen molar-refractivity contribution in [2.75, 3.05) is 32.1 Å². The highest BCUT2D eigenvalue weighted by Gasteiger charge is 2.30. The van der Waals surface area contributed by atoms with Gasteiger partial charge < -0.3 is 14.2 Å². The number of likely N-dealkylation sites (tertiary alicyclic amines) is 1. The maximum absolute atomic E-state index is 13.4. The average molecular weight is 370 g/mol. The van der Waals surface area contributed by atoms with E-state index < -0.39 is 11.6 Å². The summed E-state index contributed by atoms with van der Waals surface area (Å²) >= 11 is 0. The minimum absolute atomic E-state index is 0.0379. The first-order chi connectivity index (χ1) is 12.9. The van der Waals surface area contributed by atoms with Gasteiger partial charge in [0.15, 0.2) is 5.82 Å². The van der Waals surface area contributed by atoms with Gasteiger partial charge in [-0.1, -0.05) is 0 Å². The fourth-order valence-corrected chi connectivity index (χ4v) is 3.62. The number of hydrogen-bond acceptors (Lipinski definition) is 3. The van der Waals surface area contributed by atoms with Crippen molar-refractivity contribution in [2.24, 2.45) is 0 Å². The van der Waals surface area contributed by atoms with Crippen molar-refractivity contribution in [3.63, 3.8) is 0 Å². The van der Waals surface area contributed by atoms with Gasteiger partial charge in [-0.2, -0.15) is 0 Å². The van der Waals surface area contributed by atoms with E-state index in [2.05, 4.69) is 0 Å². The summed E-state index contributed by atoms with van der Waals surface area (Å²) in [6, 6.07) is 6.90. The van der Waals surface area contributed by atoms with Crippen LogP contribution in [0.5, 0.6) is 0 Å². The van der Waals surface area contributed by atoms with Crippen molar-refractivity contribution in [3.8, 4) is 0 Å². The lowest BCUT2D eigenvalue weighted by molar-refractivity contribution is 0.0789. The zero-order valence-corrected chi connectivity index (χ0v) is 15.2. The molecule has 0 aliphatic carbocycles. The Morgan fingerprint density at radius 2 is 1.96 bits per heavy atom. The number of fused-ring (bicyclic) bond motifs is 1. The van der Waals surface area contributed by atoms with Crippen molar-refractivity contribution in [1.29, 1.82) is 0 Å². The van der Waals surface area contributed by atoms with Crippen LogP contribution in [0.25, 0.3) is 5.52 Å². The maximum Gasteiger partial charge on any atom is 0.254 e. The first kappa shape index (κ1) is 17.5. The Morgan fingerprint density at radius 3 is 2.67 bits per heavy atom. The molecule has 3 aromatic rings. The van der Waals surface area contributed by atoms with Crippen LogP contribution in [0.4, 0.5) is 14.6 Å². The number of halogens is 2. The van der Waals surface area contributed by atoms with Gasteiger partial charge in [-0.3, -0.25) is 4.79 Å². The van der Waals surface area contributed by atoms with E-state index in [0.717, 1.165) is 41.6 Å². The second kappa shape index (κ2) is 6.64. The van der Waals surface area contributed by atoms with E-state index in [9.17, 15) is 13.6 Å². The van der Waals surface area contributed by atoms with E-state index in [4.69, 9.17) is 4.98 Å². The molecule has 0 spiro atoms. The minimum Gasteiger partial charge on any atom is -0.361 e. The molecule has 2 aromatic heterocycles. The molecule has 0 radical (unpaired) electrons. The zero-order valence-electron chi connectivity index (χ0n) is 15.2. The van der Waals surface area contributed by atoms with E-state index in [1.165, 1.54) is 0 Å². The molecule has 4 rings (SSSR count). The van der Waals surface area contributed by atoms with Crippen LogP contribution in [-0.4, -0.2) is 47.4 Å². The van der Waals surface area contributed by atoms with Crippen LogP contribution in [0.1, 0.15) is 28.4 Å². The van der Waals surface area contributed by atoms with E-state index in [-0.39, 0.29) is 17.4 Å². The van der Waals surface area contributed by atoms with Crippen molar-refractivity contribution in [3.05, 3.63) is 65.6 Å². The lowest BCUT2D eigenvalue weighted by Gasteiger charge is -2.19. The summed E-state index contributed by atoms with van der Waals surface area (Å²) in [5.41, 5.74) is 1.96. The number of hydrogen-bond donors (Lipinski definition) is 0. The Labute approximate surface area is 155 Å². The van der Waals surface area contributed by atoms with E-state index in [1.807, 2.05) is 47.9 Å². The molecule has 1 amide bonds. The van der Waals surface area contributed by atoms with Gasteiger partial charge in [0.05, 0.1) is 11.2 Å². The highest BCUT2D eigenvalue weighted by atomic mass is 19.1. The van der Waals surface area contributed by atoms with Gasteiger partial charge in [0, 0.05) is 57.1 Å². The van der Waals surface area contributed by atoms with Gasteiger partial charge in [-0.05, 0) is 30.7 Å². The number of carbonyl (C=O) groups is 1. The summed E-state index contributed by atoms with van der Waals surface area (Å²) in [5, 5.41) is 0. The molecule has 3 heterocycles. The van der Waals surface area contributed by atoms with Crippen molar-refractivity contribution < 1.29 is 13.6 Å². The van der Waals surface area contributed by atoms with Crippen LogP contribution in [0.3, 0.4) is 0 Å². The average Bonchev–Trinajstić information content (AvgIpc) is 3.28. The molecule has 27 heavy (non-hydrogen) atoms. The number of nitrogens with zero attached hydrogens (tertiary/aromatic N) is 4. The van der Waals surface area contributed by atoms with Gasteiger partial charge in [-0.25, -0.2) is 13.8 Å². The number of aromatic nitrogens is 2. The molecule has 7 heteroatoms. The lowest BCUT2D eigenvalue weighted by atomic mass is 10.1. The Balaban J connectivity index is 1.59. The molecule has 1 aromatic carbocycles. The summed E-state index contributed by atoms with van der Waals surface area (Å²) in [4.78, 5) is 21.0. The van der Waals surface area contributed by atoms with Crippen LogP contribution in [0.2, 0.25) is 0 Å². The van der Waals surface area contributed by atoms with E-state index in [1.54, 1.807) is 4.90 Å². The minimum atomic E-state index is -0.746. The lowest BCUT2D eigenvalue weighted by Crippen LogP contribution is -2.28. The number of carbonyl (C=O) groups excluding carboxylic acids is 1. The Morgan fingerprint density at radius 1 is 1.22 bits per heavy atom. The van der Waals surface area contributed by atoms with Crippen LogP contribution in [0.15, 0.2) is 42.7 Å². The SMILES string of the molecule is CN(C)c1nc([C@@H]2CCN(C(=O)c3cc(F)cc(F)c3)C2)cn2cccc12. The number of benzene rings is 1. The molecule has 1 aliphatic heterocycles. The molecular formula is C20H20F2N4O. The first-order valence-corrected chi connectivity index (χ1v) is 8.82. The van der Waals surface area contributed by atoms with E-state index in [0.29, 0.717) is 13.1 Å². The van der Waals surface area contributed by atoms with Crippen molar-refractivity contribution in [2.45, 2.75) is 12.3 Å². The summed E-state index contributed by atoms with van der Waals surface area (Å²) < 4.78 is 28.9. The fraction of sp³-hybridized carbons (Fsp3) is 0.300. The Bertz CT molecular complexity index is 994. The summed E-state index contributed by atoms with van der Waals surface area (Å²) in [6.07, 6.45) is 4.72. The van der Waals surface area contributed by atoms with Gasteiger partial charge >= 0.3 is 0 Å². The van der Waals surface area contributed by atoms with Crippen LogP contribution in [-0.2, 0) is 0 Å². The van der Waals surface area contributed by atoms with E-state index >= 15 is 0 Å². The molecule has 0 N–H and O–H groups in total. The first-order valence-electron chi connectivity index (χ1n) is 8.82. The third-order valence-electron chi connectivity index (χ3n) is 4.94. The Hall–Kier alpha value is -2.96. The topological polar surface area (TPSA) is 40.9 Å². The third kappa shape index (κ3) is 3.25. The summed E-state index contributed by atoms with van der Waals surface area (Å²) in [6.45, 7) is 1.01. The molecule has 140 valence electrons. The van der Waals surface area contributed by atoms with Crippen molar-refractivity contribution >= 4 is 17.2 Å². The quantitative estimate of drug-likeness (QED) is 0.710. The monoisotopic (exact) mass is 370 g/mol. The number of rotatable bonds is 3. The molecule has 0 unspecified atom stereocenters. The highest BCUT2D eigenvalue weighted by molar-refractivity contribution is 5.94. The zero-order chi connectivity index (χ0) is 19.1. The molecule has 0 bridgehead atoms. The predicted molar refractivity (Wildman–Crippen MR) is 99.1 cm³/mol. The van der Waals surface area contributed by atoms with Gasteiger partial charge in [0.25, 0.3) is 5.91 Å². The second-order valence-electron chi connectivity index (χ2n) is 7.08. The largest absolute Gasteiger partial charge is 0.361 e. The fourth-order valence-electron chi connectivity index (χ4n) is 3.62. The molecule has 1 saturated heterocycles. The van der Waals surface area contributed by atoms with Crippen LogP contribution >= 0.6 is 0 Å². The maximum atomic E-state index is 13.4. The van der Waals surface area contributed by atoms with Gasteiger partial charge in [0.1, 0.15) is 11.6 Å². The predicted octanol–water partition coefficient (Wildman–Crippen LogP) is 3.31. The summed E-state index contributed by atoms with van der Waals surface area (Å²) in [5.74, 6) is -0.896. The Kier molecular flexibility index (Phi) is 4.30. The smallest absolute Gasteiger partial charge is 0.254 e. The van der Waals surface area contributed by atoms with Crippen LogP contribution in [0, 0.1) is 11.6 Å². The molecule has 1 aliphatic rings. The van der Waals surface area contributed by atoms with Crippen LogP contribution < -0.4 is 4.90 Å². The highest BCUT2D eigenvalue weighted by Crippen LogP contribution is 2.30. The number of amides is 1. The molecular weight excluding hydrogens is 350 g/mol. The molecule has 0 saturated carbocycles. The third-order valence-corrected chi connectivity index (χ3v) is 4.94. The molecule has 1 atom stereocenters. The van der Waals surface area contributed by atoms with Crippen molar-refractivity contribution in [1.82, 2.24) is 14.3 Å². The normalized spacial score (nSPS) is 16.9. The van der Waals surface area contributed by atoms with Gasteiger partial charge in [-0.15, -0.1) is 0 Å².